The van der Waals surface area contributed by atoms with Crippen molar-refractivity contribution in [1.82, 2.24) is 4.98 Å². The number of aromatic nitrogens is 1. The molecule has 0 fully saturated rings. The molecule has 4 heteroatoms. The first-order valence-electron chi connectivity index (χ1n) is 6.02. The summed E-state index contributed by atoms with van der Waals surface area (Å²) >= 11 is 9.22. The molecule has 2 aromatic rings. The zero-order chi connectivity index (χ0) is 13.8. The summed E-state index contributed by atoms with van der Waals surface area (Å²) in [5.74, 6) is 0.0280. The van der Waals surface area contributed by atoms with Gasteiger partial charge in [-0.1, -0.05) is 24.6 Å². The number of hydrogen-bond donors (Lipinski definition) is 0. The molecule has 0 aliphatic rings. The second-order valence-corrected chi connectivity index (χ2v) is 5.53. The van der Waals surface area contributed by atoms with E-state index < -0.39 is 0 Å². The Balaban J connectivity index is 2.15. The lowest BCUT2D eigenvalue weighted by atomic mass is 10.1. The summed E-state index contributed by atoms with van der Waals surface area (Å²) in [4.78, 5) is 16.5. The Hall–Kier alpha value is -1.19. The summed E-state index contributed by atoms with van der Waals surface area (Å²) in [5.41, 5.74) is 2.58. The van der Waals surface area contributed by atoms with Crippen molar-refractivity contribution >= 4 is 33.3 Å². The third-order valence-electron chi connectivity index (χ3n) is 2.87. The highest BCUT2D eigenvalue weighted by Gasteiger charge is 2.11. The van der Waals surface area contributed by atoms with E-state index in [0.29, 0.717) is 17.0 Å². The van der Waals surface area contributed by atoms with Gasteiger partial charge in [-0.05, 0) is 52.2 Å². The molecular weight excluding hydrogens is 326 g/mol. The van der Waals surface area contributed by atoms with E-state index >= 15 is 0 Å². The quantitative estimate of drug-likeness (QED) is 0.769. The molecule has 0 aliphatic carbocycles. The number of nitrogens with zero attached hydrogens (tertiary/aromatic N) is 1. The van der Waals surface area contributed by atoms with E-state index in [9.17, 15) is 4.79 Å². The van der Waals surface area contributed by atoms with Crippen LogP contribution >= 0.6 is 27.5 Å². The van der Waals surface area contributed by atoms with Crippen molar-refractivity contribution in [2.24, 2.45) is 0 Å². The Kier molecular flexibility index (Phi) is 4.72. The SMILES string of the molecule is CCc1ccc(CC(=O)c2ccc(Cl)cc2Br)nc1. The normalized spacial score (nSPS) is 10.5. The third-order valence-corrected chi connectivity index (χ3v) is 3.76. The van der Waals surface area contributed by atoms with Crippen molar-refractivity contribution < 1.29 is 4.79 Å². The number of ketones is 1. The second kappa shape index (κ2) is 6.31. The maximum absolute atomic E-state index is 12.2. The second-order valence-electron chi connectivity index (χ2n) is 4.24. The van der Waals surface area contributed by atoms with Crippen molar-refractivity contribution in [2.45, 2.75) is 19.8 Å². The van der Waals surface area contributed by atoms with Crippen LogP contribution in [0.3, 0.4) is 0 Å². The molecule has 0 aliphatic heterocycles. The molecule has 2 rings (SSSR count). The van der Waals surface area contributed by atoms with Crippen molar-refractivity contribution in [3.8, 4) is 0 Å². The predicted molar refractivity (Wildman–Crippen MR) is 80.8 cm³/mol. The standard InChI is InChI=1S/C15H13BrClNO/c1-2-10-3-5-12(18-9-10)8-15(19)13-6-4-11(17)7-14(13)16/h3-7,9H,2,8H2,1H3. The van der Waals surface area contributed by atoms with Gasteiger partial charge in [0.25, 0.3) is 0 Å². The molecule has 1 aromatic carbocycles. The number of carbonyl (C=O) groups excluding carboxylic acids is 1. The van der Waals surface area contributed by atoms with Gasteiger partial charge in [-0.3, -0.25) is 9.78 Å². The maximum Gasteiger partial charge on any atom is 0.169 e. The van der Waals surface area contributed by atoms with Crippen molar-refractivity contribution in [1.29, 1.82) is 0 Å². The summed E-state index contributed by atoms with van der Waals surface area (Å²) in [7, 11) is 0. The predicted octanol–water partition coefficient (Wildman–Crippen LogP) is 4.49. The van der Waals surface area contributed by atoms with Crippen LogP contribution in [-0.4, -0.2) is 10.8 Å². The lowest BCUT2D eigenvalue weighted by molar-refractivity contribution is 0.0991. The number of hydrogen-bond acceptors (Lipinski definition) is 2. The molecular formula is C15H13BrClNO. The van der Waals surface area contributed by atoms with E-state index in [1.165, 1.54) is 5.56 Å². The number of aryl methyl sites for hydroxylation is 1. The van der Waals surface area contributed by atoms with Crippen LogP contribution in [0.15, 0.2) is 41.0 Å². The minimum Gasteiger partial charge on any atom is -0.294 e. The molecule has 0 N–H and O–H groups in total. The van der Waals surface area contributed by atoms with Crippen molar-refractivity contribution in [2.75, 3.05) is 0 Å². The van der Waals surface area contributed by atoms with Crippen LogP contribution in [-0.2, 0) is 12.8 Å². The molecule has 0 saturated carbocycles. The average molecular weight is 339 g/mol. The monoisotopic (exact) mass is 337 g/mol. The zero-order valence-electron chi connectivity index (χ0n) is 10.5. The smallest absolute Gasteiger partial charge is 0.169 e. The molecule has 0 radical (unpaired) electrons. The number of carbonyl (C=O) groups is 1. The van der Waals surface area contributed by atoms with Crippen LogP contribution in [0.4, 0.5) is 0 Å². The average Bonchev–Trinajstić information content (AvgIpc) is 2.39. The van der Waals surface area contributed by atoms with E-state index in [1.807, 2.05) is 18.3 Å². The molecule has 0 unspecified atom stereocenters. The minimum absolute atomic E-state index is 0.0280. The summed E-state index contributed by atoms with van der Waals surface area (Å²) in [6, 6.07) is 9.08. The first-order chi connectivity index (χ1) is 9.10. The van der Waals surface area contributed by atoms with E-state index in [4.69, 9.17) is 11.6 Å². The molecule has 0 amide bonds. The van der Waals surface area contributed by atoms with Gasteiger partial charge in [0.15, 0.2) is 5.78 Å². The highest BCUT2D eigenvalue weighted by Crippen LogP contribution is 2.22. The highest BCUT2D eigenvalue weighted by atomic mass is 79.9. The fraction of sp³-hybridized carbons (Fsp3) is 0.200. The number of rotatable bonds is 4. The molecule has 1 aromatic heterocycles. The topological polar surface area (TPSA) is 30.0 Å². The Morgan fingerprint density at radius 3 is 2.68 bits per heavy atom. The first-order valence-corrected chi connectivity index (χ1v) is 7.19. The molecule has 0 bridgehead atoms. The lowest BCUT2D eigenvalue weighted by Gasteiger charge is -2.05. The van der Waals surface area contributed by atoms with Gasteiger partial charge in [-0.15, -0.1) is 0 Å². The largest absolute Gasteiger partial charge is 0.294 e. The van der Waals surface area contributed by atoms with E-state index in [1.54, 1.807) is 18.2 Å². The molecule has 19 heavy (non-hydrogen) atoms. The van der Waals surface area contributed by atoms with E-state index in [2.05, 4.69) is 27.8 Å². The summed E-state index contributed by atoms with van der Waals surface area (Å²) in [6.07, 6.45) is 3.06. The van der Waals surface area contributed by atoms with Crippen LogP contribution in [0.1, 0.15) is 28.5 Å². The summed E-state index contributed by atoms with van der Waals surface area (Å²) in [5, 5.41) is 0.605. The molecule has 2 nitrogen and oxygen atoms in total. The van der Waals surface area contributed by atoms with Gasteiger partial charge >= 0.3 is 0 Å². The molecule has 0 atom stereocenters. The van der Waals surface area contributed by atoms with E-state index in [0.717, 1.165) is 16.6 Å². The van der Waals surface area contributed by atoms with Gasteiger partial charge in [0.2, 0.25) is 0 Å². The fourth-order valence-corrected chi connectivity index (χ4v) is 2.65. The van der Waals surface area contributed by atoms with Gasteiger partial charge in [-0.25, -0.2) is 0 Å². The number of halogens is 2. The molecule has 0 spiro atoms. The van der Waals surface area contributed by atoms with Crippen molar-refractivity contribution in [3.63, 3.8) is 0 Å². The van der Waals surface area contributed by atoms with Gasteiger partial charge in [0.05, 0.1) is 6.42 Å². The van der Waals surface area contributed by atoms with Crippen LogP contribution in [0.25, 0.3) is 0 Å². The Labute approximate surface area is 126 Å². The highest BCUT2D eigenvalue weighted by molar-refractivity contribution is 9.10. The van der Waals surface area contributed by atoms with Gasteiger partial charge < -0.3 is 0 Å². The zero-order valence-corrected chi connectivity index (χ0v) is 12.8. The molecule has 98 valence electrons. The van der Waals surface area contributed by atoms with Crippen LogP contribution in [0.2, 0.25) is 5.02 Å². The minimum atomic E-state index is 0.0280. The Bertz CT molecular complexity index is 596. The summed E-state index contributed by atoms with van der Waals surface area (Å²) in [6.45, 7) is 2.08. The van der Waals surface area contributed by atoms with Gasteiger partial charge in [0, 0.05) is 26.9 Å². The first kappa shape index (κ1) is 14.2. The Morgan fingerprint density at radius 1 is 1.32 bits per heavy atom. The van der Waals surface area contributed by atoms with Crippen LogP contribution in [0, 0.1) is 0 Å². The van der Waals surface area contributed by atoms with Gasteiger partial charge in [-0.2, -0.15) is 0 Å². The number of Topliss-reactive ketones (excluding diaryl/α,β-unsaturated/α-hetero) is 1. The van der Waals surface area contributed by atoms with Crippen LogP contribution < -0.4 is 0 Å². The lowest BCUT2D eigenvalue weighted by Crippen LogP contribution is -2.06. The fourth-order valence-electron chi connectivity index (χ4n) is 1.74. The number of pyridine rings is 1. The third kappa shape index (κ3) is 3.64. The van der Waals surface area contributed by atoms with Gasteiger partial charge in [0.1, 0.15) is 0 Å². The van der Waals surface area contributed by atoms with E-state index in [-0.39, 0.29) is 5.78 Å². The molecule has 0 saturated heterocycles. The maximum atomic E-state index is 12.2. The molecule has 1 heterocycles. The summed E-state index contributed by atoms with van der Waals surface area (Å²) < 4.78 is 0.718. The number of benzene rings is 1. The van der Waals surface area contributed by atoms with Crippen LogP contribution in [0.5, 0.6) is 0 Å². The van der Waals surface area contributed by atoms with Crippen molar-refractivity contribution in [3.05, 3.63) is 62.8 Å². The Morgan fingerprint density at radius 2 is 2.11 bits per heavy atom.